The number of nitrogens with one attached hydrogen (secondary N) is 1. The summed E-state index contributed by atoms with van der Waals surface area (Å²) in [7, 11) is 0. The number of rotatable bonds is 0. The Kier molecular flexibility index (Phi) is 4.58. The van der Waals surface area contributed by atoms with Gasteiger partial charge in [-0.05, 0) is 19.4 Å². The van der Waals surface area contributed by atoms with Crippen LogP contribution in [0.4, 0.5) is 13.2 Å². The molecular formula is C8H11ClF3N. The summed E-state index contributed by atoms with van der Waals surface area (Å²) in [6.07, 6.45) is 1.10. The van der Waals surface area contributed by atoms with Crippen molar-refractivity contribution in [1.82, 2.24) is 5.32 Å². The summed E-state index contributed by atoms with van der Waals surface area (Å²) in [5.74, 6) is 1.07. The lowest BCUT2D eigenvalue weighted by Gasteiger charge is -2.28. The smallest absolute Gasteiger partial charge is 0.304 e. The lowest BCUT2D eigenvalue weighted by atomic mass is 9.92. The normalized spacial score (nSPS) is 28.8. The predicted molar refractivity (Wildman–Crippen MR) is 46.7 cm³/mol. The Balaban J connectivity index is 0.00000144. The van der Waals surface area contributed by atoms with Crippen LogP contribution in [-0.2, 0) is 0 Å². The van der Waals surface area contributed by atoms with Gasteiger partial charge in [0, 0.05) is 0 Å². The first-order valence-electron chi connectivity index (χ1n) is 3.80. The molecule has 0 bridgehead atoms. The molecule has 1 aliphatic rings. The standard InChI is InChI=1S/C8H10F3N.ClH/c1-2-7-5-6(3-4-12-7)8(9,10)11;/h1,6-7,12H,3-5H2;1H/t6-,7-;/m1./s1. The highest BCUT2D eigenvalue weighted by Gasteiger charge is 2.41. The van der Waals surface area contributed by atoms with E-state index >= 15 is 0 Å². The molecule has 0 aromatic heterocycles. The fraction of sp³-hybridized carbons (Fsp3) is 0.750. The van der Waals surface area contributed by atoms with Gasteiger partial charge in [-0.25, -0.2) is 0 Å². The molecule has 0 aromatic rings. The Morgan fingerprint density at radius 1 is 1.38 bits per heavy atom. The largest absolute Gasteiger partial charge is 0.391 e. The van der Waals surface area contributed by atoms with E-state index in [2.05, 4.69) is 11.2 Å². The van der Waals surface area contributed by atoms with Gasteiger partial charge in [0.2, 0.25) is 0 Å². The van der Waals surface area contributed by atoms with Gasteiger partial charge < -0.3 is 5.32 Å². The molecular weight excluding hydrogens is 203 g/mol. The zero-order valence-electron chi connectivity index (χ0n) is 6.90. The summed E-state index contributed by atoms with van der Waals surface area (Å²) in [6, 6.07) is -0.412. The van der Waals surface area contributed by atoms with Crippen molar-refractivity contribution in [2.45, 2.75) is 25.1 Å². The number of halogens is 4. The van der Waals surface area contributed by atoms with Gasteiger partial charge in [-0.1, -0.05) is 5.92 Å². The fourth-order valence-electron chi connectivity index (χ4n) is 1.34. The third-order valence-electron chi connectivity index (χ3n) is 2.07. The van der Waals surface area contributed by atoms with E-state index in [0.29, 0.717) is 6.54 Å². The summed E-state index contributed by atoms with van der Waals surface area (Å²) in [4.78, 5) is 0. The monoisotopic (exact) mass is 213 g/mol. The van der Waals surface area contributed by atoms with Crippen molar-refractivity contribution in [2.75, 3.05) is 6.54 Å². The van der Waals surface area contributed by atoms with Gasteiger partial charge in [-0.2, -0.15) is 13.2 Å². The van der Waals surface area contributed by atoms with E-state index in [1.54, 1.807) is 0 Å². The minimum absolute atomic E-state index is 0. The lowest BCUT2D eigenvalue weighted by molar-refractivity contribution is -0.181. The van der Waals surface area contributed by atoms with Crippen LogP contribution in [0.25, 0.3) is 0 Å². The Morgan fingerprint density at radius 3 is 2.46 bits per heavy atom. The van der Waals surface area contributed by atoms with Gasteiger partial charge in [0.25, 0.3) is 0 Å². The van der Waals surface area contributed by atoms with Gasteiger partial charge in [0.05, 0.1) is 12.0 Å². The topological polar surface area (TPSA) is 12.0 Å². The number of hydrogen-bond donors (Lipinski definition) is 1. The molecule has 0 radical (unpaired) electrons. The summed E-state index contributed by atoms with van der Waals surface area (Å²) < 4.78 is 36.5. The van der Waals surface area contributed by atoms with E-state index < -0.39 is 18.1 Å². The van der Waals surface area contributed by atoms with Gasteiger partial charge >= 0.3 is 6.18 Å². The average Bonchev–Trinajstić information content (AvgIpc) is 2.03. The third kappa shape index (κ3) is 3.45. The zero-order chi connectivity index (χ0) is 9.19. The lowest BCUT2D eigenvalue weighted by Crippen LogP contribution is -2.41. The molecule has 13 heavy (non-hydrogen) atoms. The van der Waals surface area contributed by atoms with Crippen molar-refractivity contribution in [3.8, 4) is 12.3 Å². The van der Waals surface area contributed by atoms with Crippen LogP contribution >= 0.6 is 12.4 Å². The number of alkyl halides is 3. The molecule has 1 heterocycles. The van der Waals surface area contributed by atoms with Crippen molar-refractivity contribution in [3.63, 3.8) is 0 Å². The summed E-state index contributed by atoms with van der Waals surface area (Å²) in [5, 5.41) is 2.83. The van der Waals surface area contributed by atoms with Crippen molar-refractivity contribution in [1.29, 1.82) is 0 Å². The van der Waals surface area contributed by atoms with Gasteiger partial charge in [0.15, 0.2) is 0 Å². The second-order valence-electron chi connectivity index (χ2n) is 2.94. The molecule has 0 spiro atoms. The quantitative estimate of drug-likeness (QED) is 0.607. The highest BCUT2D eigenvalue weighted by atomic mass is 35.5. The van der Waals surface area contributed by atoms with Crippen molar-refractivity contribution >= 4 is 12.4 Å². The number of piperidine rings is 1. The molecule has 2 atom stereocenters. The first kappa shape index (κ1) is 12.6. The van der Waals surface area contributed by atoms with Crippen molar-refractivity contribution < 1.29 is 13.2 Å². The molecule has 1 nitrogen and oxygen atoms in total. The Labute approximate surface area is 81.5 Å². The Hall–Kier alpha value is -0.400. The SMILES string of the molecule is C#C[C@@H]1C[C@H](C(F)(F)F)CCN1.Cl. The van der Waals surface area contributed by atoms with Gasteiger partial charge in [-0.3, -0.25) is 0 Å². The molecule has 0 aromatic carbocycles. The maximum Gasteiger partial charge on any atom is 0.391 e. The number of hydrogen-bond acceptors (Lipinski definition) is 1. The van der Waals surface area contributed by atoms with Gasteiger partial charge in [0.1, 0.15) is 0 Å². The number of terminal acetylenes is 1. The second-order valence-corrected chi connectivity index (χ2v) is 2.94. The average molecular weight is 214 g/mol. The van der Waals surface area contributed by atoms with E-state index in [4.69, 9.17) is 6.42 Å². The van der Waals surface area contributed by atoms with E-state index in [0.717, 1.165) is 0 Å². The van der Waals surface area contributed by atoms with E-state index in [1.165, 1.54) is 0 Å². The Morgan fingerprint density at radius 2 is 2.00 bits per heavy atom. The molecule has 0 saturated carbocycles. The molecule has 1 fully saturated rings. The minimum atomic E-state index is -4.09. The molecule has 5 heteroatoms. The molecule has 0 aliphatic carbocycles. The van der Waals surface area contributed by atoms with Crippen LogP contribution < -0.4 is 5.32 Å². The predicted octanol–water partition coefficient (Wildman–Crippen LogP) is 1.97. The highest BCUT2D eigenvalue weighted by Crippen LogP contribution is 2.33. The van der Waals surface area contributed by atoms with Crippen LogP contribution in [0.15, 0.2) is 0 Å². The van der Waals surface area contributed by atoms with Gasteiger partial charge in [-0.15, -0.1) is 18.8 Å². The first-order chi connectivity index (χ1) is 5.54. The molecule has 1 N–H and O–H groups in total. The molecule has 1 saturated heterocycles. The molecule has 1 rings (SSSR count). The molecule has 1 aliphatic heterocycles. The minimum Gasteiger partial charge on any atom is -0.304 e. The fourth-order valence-corrected chi connectivity index (χ4v) is 1.34. The van der Waals surface area contributed by atoms with E-state index in [1.807, 2.05) is 0 Å². The maximum absolute atomic E-state index is 12.2. The highest BCUT2D eigenvalue weighted by molar-refractivity contribution is 5.85. The van der Waals surface area contributed by atoms with Crippen LogP contribution in [0.2, 0.25) is 0 Å². The van der Waals surface area contributed by atoms with Crippen LogP contribution in [0.3, 0.4) is 0 Å². The Bertz CT molecular complexity index is 197. The van der Waals surface area contributed by atoms with Crippen LogP contribution in [0.1, 0.15) is 12.8 Å². The van der Waals surface area contributed by atoms with E-state index in [9.17, 15) is 13.2 Å². The third-order valence-corrected chi connectivity index (χ3v) is 2.07. The molecule has 0 amide bonds. The molecule has 0 unspecified atom stereocenters. The summed E-state index contributed by atoms with van der Waals surface area (Å²) in [6.45, 7) is 0.360. The zero-order valence-corrected chi connectivity index (χ0v) is 7.71. The van der Waals surface area contributed by atoms with Crippen molar-refractivity contribution in [3.05, 3.63) is 0 Å². The van der Waals surface area contributed by atoms with E-state index in [-0.39, 0.29) is 25.2 Å². The van der Waals surface area contributed by atoms with Crippen LogP contribution in [0, 0.1) is 18.3 Å². The van der Waals surface area contributed by atoms with Crippen LogP contribution in [-0.4, -0.2) is 18.8 Å². The first-order valence-corrected chi connectivity index (χ1v) is 3.80. The maximum atomic E-state index is 12.2. The summed E-state index contributed by atoms with van der Waals surface area (Å²) >= 11 is 0. The second kappa shape index (κ2) is 4.73. The van der Waals surface area contributed by atoms with Crippen LogP contribution in [0.5, 0.6) is 0 Å². The molecule has 76 valence electrons. The summed E-state index contributed by atoms with van der Waals surface area (Å²) in [5.41, 5.74) is 0. The van der Waals surface area contributed by atoms with Crippen molar-refractivity contribution in [2.24, 2.45) is 5.92 Å².